The van der Waals surface area contributed by atoms with Crippen LogP contribution in [0.1, 0.15) is 44.0 Å². The van der Waals surface area contributed by atoms with Crippen LogP contribution in [0.2, 0.25) is 0 Å². The van der Waals surface area contributed by atoms with Gasteiger partial charge in [-0.25, -0.2) is 13.1 Å². The third-order valence-corrected chi connectivity index (χ3v) is 6.15. The Morgan fingerprint density at radius 2 is 1.52 bits per heavy atom. The Hall–Kier alpha value is -2.44. The maximum absolute atomic E-state index is 13.0. The van der Waals surface area contributed by atoms with Crippen molar-refractivity contribution in [1.29, 1.82) is 0 Å². The van der Waals surface area contributed by atoms with Crippen molar-refractivity contribution in [2.24, 2.45) is 0 Å². The van der Waals surface area contributed by atoms with Gasteiger partial charge in [-0.2, -0.15) is 5.10 Å². The van der Waals surface area contributed by atoms with Crippen LogP contribution >= 0.6 is 0 Å². The maximum Gasteiger partial charge on any atom is 0.243 e. The molecule has 0 amide bonds. The predicted molar refractivity (Wildman–Crippen MR) is 116 cm³/mol. The normalized spacial score (nSPS) is 12.2. The van der Waals surface area contributed by atoms with Crippen LogP contribution in [0.3, 0.4) is 0 Å². The summed E-state index contributed by atoms with van der Waals surface area (Å²) < 4.78 is 30.5. The molecule has 5 nitrogen and oxygen atoms in total. The van der Waals surface area contributed by atoms with Gasteiger partial charge < -0.3 is 0 Å². The van der Waals surface area contributed by atoms with Crippen molar-refractivity contribution < 1.29 is 8.42 Å². The Morgan fingerprint density at radius 1 is 0.931 bits per heavy atom. The van der Waals surface area contributed by atoms with Crippen LogP contribution in [0.25, 0.3) is 0 Å². The first-order chi connectivity index (χ1) is 13.8. The first-order valence-electron chi connectivity index (χ1n) is 9.91. The predicted octanol–water partition coefficient (Wildman–Crippen LogP) is 4.14. The molecule has 3 aromatic rings. The van der Waals surface area contributed by atoms with Crippen molar-refractivity contribution in [2.45, 2.75) is 50.5 Å². The summed E-state index contributed by atoms with van der Waals surface area (Å²) in [5.41, 5.74) is 2.49. The molecule has 0 aliphatic heterocycles. The molecule has 1 heterocycles. The SMILES string of the molecule is CC(C)(C)c1nn(Cc2ccccc2)cc1S(=O)(=O)NCCCc1ccccc1. The molecule has 0 spiro atoms. The topological polar surface area (TPSA) is 64.0 Å². The molecule has 0 saturated carbocycles. The quantitative estimate of drug-likeness (QED) is 0.567. The van der Waals surface area contributed by atoms with Crippen LogP contribution < -0.4 is 4.72 Å². The van der Waals surface area contributed by atoms with Crippen molar-refractivity contribution in [3.63, 3.8) is 0 Å². The van der Waals surface area contributed by atoms with E-state index in [2.05, 4.69) is 22.0 Å². The lowest BCUT2D eigenvalue weighted by Crippen LogP contribution is -2.27. The average molecular weight is 412 g/mol. The lowest BCUT2D eigenvalue weighted by atomic mass is 9.92. The van der Waals surface area contributed by atoms with E-state index in [0.717, 1.165) is 18.4 Å². The van der Waals surface area contributed by atoms with Gasteiger partial charge in [0.1, 0.15) is 4.90 Å². The van der Waals surface area contributed by atoms with E-state index in [1.54, 1.807) is 10.9 Å². The number of aromatic nitrogens is 2. The summed E-state index contributed by atoms with van der Waals surface area (Å²) in [6.45, 7) is 6.88. The fourth-order valence-corrected chi connectivity index (χ4v) is 4.62. The molecule has 0 atom stereocenters. The monoisotopic (exact) mass is 411 g/mol. The van der Waals surface area contributed by atoms with Crippen molar-refractivity contribution in [1.82, 2.24) is 14.5 Å². The molecule has 0 saturated heterocycles. The van der Waals surface area contributed by atoms with Crippen molar-refractivity contribution in [2.75, 3.05) is 6.54 Å². The summed E-state index contributed by atoms with van der Waals surface area (Å²) in [6, 6.07) is 20.0. The van der Waals surface area contributed by atoms with Gasteiger partial charge in [-0.15, -0.1) is 0 Å². The highest BCUT2D eigenvalue weighted by Gasteiger charge is 2.29. The minimum atomic E-state index is -3.63. The van der Waals surface area contributed by atoms with Gasteiger partial charge in [0.25, 0.3) is 0 Å². The van der Waals surface area contributed by atoms with Gasteiger partial charge in [0, 0.05) is 18.2 Å². The second kappa shape index (κ2) is 8.93. The van der Waals surface area contributed by atoms with Crippen LogP contribution in [0.15, 0.2) is 71.8 Å². The standard InChI is InChI=1S/C23H29N3O2S/c1-23(2,3)22-21(18-26(25-22)17-20-13-8-5-9-14-20)29(27,28)24-16-10-15-19-11-6-4-7-12-19/h4-9,11-14,18,24H,10,15-17H2,1-3H3. The number of nitrogens with zero attached hydrogens (tertiary/aromatic N) is 2. The highest BCUT2D eigenvalue weighted by atomic mass is 32.2. The van der Waals surface area contributed by atoms with E-state index in [4.69, 9.17) is 0 Å². The number of rotatable bonds is 8. The average Bonchev–Trinajstić information content (AvgIpc) is 3.12. The molecular formula is C23H29N3O2S. The zero-order valence-electron chi connectivity index (χ0n) is 17.3. The van der Waals surface area contributed by atoms with Crippen molar-refractivity contribution in [3.8, 4) is 0 Å². The van der Waals surface area contributed by atoms with Gasteiger partial charge in [0.05, 0.1) is 12.2 Å². The third kappa shape index (κ3) is 5.78. The van der Waals surface area contributed by atoms with Gasteiger partial charge in [0.15, 0.2) is 0 Å². The molecule has 0 aliphatic rings. The summed E-state index contributed by atoms with van der Waals surface area (Å²) in [7, 11) is -3.63. The molecule has 1 aromatic heterocycles. The lowest BCUT2D eigenvalue weighted by molar-refractivity contribution is 0.530. The van der Waals surface area contributed by atoms with Crippen molar-refractivity contribution in [3.05, 3.63) is 83.7 Å². The third-order valence-electron chi connectivity index (χ3n) is 4.69. The minimum Gasteiger partial charge on any atom is -0.267 e. The molecule has 0 aliphatic carbocycles. The van der Waals surface area contributed by atoms with Gasteiger partial charge in [-0.1, -0.05) is 81.4 Å². The fraction of sp³-hybridized carbons (Fsp3) is 0.348. The van der Waals surface area contributed by atoms with E-state index in [9.17, 15) is 8.42 Å². The van der Waals surface area contributed by atoms with E-state index in [0.29, 0.717) is 18.8 Å². The van der Waals surface area contributed by atoms with Crippen molar-refractivity contribution >= 4 is 10.0 Å². The lowest BCUT2D eigenvalue weighted by Gasteiger charge is -2.17. The second-order valence-corrected chi connectivity index (χ2v) is 10.00. The van der Waals surface area contributed by atoms with E-state index in [1.165, 1.54) is 5.56 Å². The number of aryl methyl sites for hydroxylation is 1. The van der Waals surface area contributed by atoms with E-state index in [1.807, 2.05) is 69.3 Å². The molecule has 0 fully saturated rings. The Labute approximate surface area is 173 Å². The van der Waals surface area contributed by atoms with Gasteiger partial charge in [-0.05, 0) is 24.0 Å². The number of hydrogen-bond acceptors (Lipinski definition) is 3. The van der Waals surface area contributed by atoms with Crippen LogP contribution in [0.5, 0.6) is 0 Å². The minimum absolute atomic E-state index is 0.264. The highest BCUT2D eigenvalue weighted by molar-refractivity contribution is 7.89. The van der Waals surface area contributed by atoms with Crippen LogP contribution in [-0.2, 0) is 28.4 Å². The summed E-state index contributed by atoms with van der Waals surface area (Å²) in [4.78, 5) is 0.264. The molecule has 1 N–H and O–H groups in total. The highest BCUT2D eigenvalue weighted by Crippen LogP contribution is 2.27. The smallest absolute Gasteiger partial charge is 0.243 e. The zero-order chi connectivity index (χ0) is 20.9. The fourth-order valence-electron chi connectivity index (χ4n) is 3.19. The van der Waals surface area contributed by atoms with E-state index < -0.39 is 10.0 Å². The molecule has 29 heavy (non-hydrogen) atoms. The summed E-state index contributed by atoms with van der Waals surface area (Å²) in [5, 5.41) is 4.62. The Morgan fingerprint density at radius 3 is 2.10 bits per heavy atom. The van der Waals surface area contributed by atoms with Gasteiger partial charge >= 0.3 is 0 Å². The van der Waals surface area contributed by atoms with Crippen LogP contribution in [-0.4, -0.2) is 24.7 Å². The first kappa shape index (κ1) is 21.3. The van der Waals surface area contributed by atoms with Gasteiger partial charge in [0.2, 0.25) is 10.0 Å². The number of sulfonamides is 1. The molecular weight excluding hydrogens is 382 g/mol. The zero-order valence-corrected chi connectivity index (χ0v) is 18.1. The summed E-state index contributed by atoms with van der Waals surface area (Å²) in [6.07, 6.45) is 3.22. The first-order valence-corrected chi connectivity index (χ1v) is 11.4. The molecule has 0 unspecified atom stereocenters. The van der Waals surface area contributed by atoms with Crippen LogP contribution in [0, 0.1) is 0 Å². The summed E-state index contributed by atoms with van der Waals surface area (Å²) in [5.74, 6) is 0. The molecule has 6 heteroatoms. The molecule has 0 radical (unpaired) electrons. The van der Waals surface area contributed by atoms with Gasteiger partial charge in [-0.3, -0.25) is 4.68 Å². The molecule has 154 valence electrons. The second-order valence-electron chi connectivity index (χ2n) is 8.26. The molecule has 3 rings (SSSR count). The van der Waals surface area contributed by atoms with E-state index in [-0.39, 0.29) is 10.3 Å². The number of hydrogen-bond donors (Lipinski definition) is 1. The molecule has 2 aromatic carbocycles. The number of nitrogens with one attached hydrogen (secondary N) is 1. The Kier molecular flexibility index (Phi) is 6.55. The van der Waals surface area contributed by atoms with Crippen LogP contribution in [0.4, 0.5) is 0 Å². The largest absolute Gasteiger partial charge is 0.267 e. The number of benzene rings is 2. The maximum atomic E-state index is 13.0. The van der Waals surface area contributed by atoms with E-state index >= 15 is 0 Å². The Balaban J connectivity index is 1.74. The Bertz CT molecular complexity index is 1020. The molecule has 0 bridgehead atoms. The summed E-state index contributed by atoms with van der Waals surface area (Å²) >= 11 is 0.